The Labute approximate surface area is 156 Å². The normalized spacial score (nSPS) is 11.3. The fourth-order valence-corrected chi connectivity index (χ4v) is 3.71. The molecule has 5 aromatic rings. The van der Waals surface area contributed by atoms with Gasteiger partial charge in [0.05, 0.1) is 36.5 Å². The van der Waals surface area contributed by atoms with Crippen molar-refractivity contribution in [1.29, 1.82) is 0 Å². The third-order valence-electron chi connectivity index (χ3n) is 4.99. The van der Waals surface area contributed by atoms with Gasteiger partial charge in [-0.2, -0.15) is 0 Å². The van der Waals surface area contributed by atoms with Gasteiger partial charge in [0.15, 0.2) is 0 Å². The number of rotatable bonds is 3. The molecule has 0 amide bonds. The van der Waals surface area contributed by atoms with E-state index >= 15 is 0 Å². The highest BCUT2D eigenvalue weighted by atomic mass is 16.5. The minimum atomic E-state index is 0.740. The molecular weight excluding hydrogens is 336 g/mol. The molecule has 0 saturated heterocycles. The van der Waals surface area contributed by atoms with Crippen molar-refractivity contribution < 1.29 is 9.47 Å². The lowest BCUT2D eigenvalue weighted by Crippen LogP contribution is -1.97. The zero-order valence-electron chi connectivity index (χ0n) is 15.1. The molecule has 0 fully saturated rings. The Kier molecular flexibility index (Phi) is 3.50. The second-order valence-electron chi connectivity index (χ2n) is 6.45. The Hall–Kier alpha value is -3.53. The molecule has 2 heterocycles. The van der Waals surface area contributed by atoms with E-state index in [9.17, 15) is 0 Å². The van der Waals surface area contributed by atoms with Gasteiger partial charge < -0.3 is 13.9 Å². The summed E-state index contributed by atoms with van der Waals surface area (Å²) in [5.74, 6) is 1.50. The number of methoxy groups -OCH3 is 2. The summed E-state index contributed by atoms with van der Waals surface area (Å²) in [6, 6.07) is 22.4. The van der Waals surface area contributed by atoms with E-state index < -0.39 is 0 Å². The van der Waals surface area contributed by atoms with Crippen molar-refractivity contribution in [3.63, 3.8) is 0 Å². The zero-order chi connectivity index (χ0) is 18.4. The second-order valence-corrected chi connectivity index (χ2v) is 6.45. The van der Waals surface area contributed by atoms with Crippen LogP contribution in [0.4, 0.5) is 0 Å². The molecule has 0 radical (unpaired) electrons. The summed E-state index contributed by atoms with van der Waals surface area (Å²) >= 11 is 0. The Morgan fingerprint density at radius 2 is 1.67 bits per heavy atom. The summed E-state index contributed by atoms with van der Waals surface area (Å²) in [4.78, 5) is 5.02. The van der Waals surface area contributed by atoms with Gasteiger partial charge in [-0.3, -0.25) is 0 Å². The number of hydrogen-bond acceptors (Lipinski definition) is 3. The molecule has 0 atom stereocenters. The first kappa shape index (κ1) is 15.7. The minimum absolute atomic E-state index is 0.740. The average molecular weight is 354 g/mol. The van der Waals surface area contributed by atoms with Gasteiger partial charge in [0.2, 0.25) is 0 Å². The summed E-state index contributed by atoms with van der Waals surface area (Å²) in [5, 5.41) is 2.35. The van der Waals surface area contributed by atoms with Gasteiger partial charge in [-0.25, -0.2) is 4.98 Å². The van der Waals surface area contributed by atoms with E-state index in [1.54, 1.807) is 14.2 Å². The van der Waals surface area contributed by atoms with Crippen molar-refractivity contribution in [2.45, 2.75) is 0 Å². The van der Waals surface area contributed by atoms with Gasteiger partial charge in [0.1, 0.15) is 11.5 Å². The summed E-state index contributed by atoms with van der Waals surface area (Å²) in [6.45, 7) is 0. The lowest BCUT2D eigenvalue weighted by Gasteiger charge is -2.13. The number of fused-ring (bicyclic) bond motifs is 5. The predicted molar refractivity (Wildman–Crippen MR) is 109 cm³/mol. The third-order valence-corrected chi connectivity index (χ3v) is 4.99. The molecular formula is C23H18N2O2. The molecule has 0 aliphatic heterocycles. The first-order valence-electron chi connectivity index (χ1n) is 8.81. The van der Waals surface area contributed by atoms with E-state index in [1.807, 2.05) is 36.4 Å². The van der Waals surface area contributed by atoms with Crippen molar-refractivity contribution in [2.75, 3.05) is 14.2 Å². The highest BCUT2D eigenvalue weighted by Gasteiger charge is 2.17. The topological polar surface area (TPSA) is 35.8 Å². The van der Waals surface area contributed by atoms with Gasteiger partial charge in [-0.05, 0) is 24.3 Å². The number of ether oxygens (including phenoxy) is 2. The van der Waals surface area contributed by atoms with Crippen molar-refractivity contribution >= 4 is 27.3 Å². The summed E-state index contributed by atoms with van der Waals surface area (Å²) in [5.41, 5.74) is 4.94. The Bertz CT molecular complexity index is 1300. The lowest BCUT2D eigenvalue weighted by molar-refractivity contribution is 0.395. The maximum absolute atomic E-state index is 5.66. The van der Waals surface area contributed by atoms with Crippen LogP contribution >= 0.6 is 0 Å². The van der Waals surface area contributed by atoms with Gasteiger partial charge >= 0.3 is 0 Å². The molecule has 4 nitrogen and oxygen atoms in total. The van der Waals surface area contributed by atoms with Gasteiger partial charge in [-0.15, -0.1) is 0 Å². The molecule has 0 aliphatic carbocycles. The Morgan fingerprint density at radius 1 is 0.852 bits per heavy atom. The lowest BCUT2D eigenvalue weighted by atomic mass is 10.1. The minimum Gasteiger partial charge on any atom is -0.497 e. The number of para-hydroxylation sites is 2. The Morgan fingerprint density at radius 3 is 2.52 bits per heavy atom. The maximum Gasteiger partial charge on any atom is 0.132 e. The fourth-order valence-electron chi connectivity index (χ4n) is 3.71. The van der Waals surface area contributed by atoms with Crippen LogP contribution in [-0.4, -0.2) is 23.6 Å². The molecule has 132 valence electrons. The van der Waals surface area contributed by atoms with Crippen LogP contribution in [0.2, 0.25) is 0 Å². The Balaban J connectivity index is 1.96. The SMILES string of the molecule is COc1ccc(-c2nc3ccccc3n3cc4ccccc4c23)c(OC)c1. The molecule has 0 N–H and O–H groups in total. The monoisotopic (exact) mass is 354 g/mol. The van der Waals surface area contributed by atoms with E-state index in [2.05, 4.69) is 40.9 Å². The molecule has 4 heteroatoms. The molecule has 3 aromatic carbocycles. The largest absolute Gasteiger partial charge is 0.497 e. The van der Waals surface area contributed by atoms with Crippen molar-refractivity contribution in [1.82, 2.24) is 9.38 Å². The van der Waals surface area contributed by atoms with E-state index in [1.165, 1.54) is 10.8 Å². The average Bonchev–Trinajstić information content (AvgIpc) is 3.12. The third kappa shape index (κ3) is 2.34. The molecule has 0 aliphatic rings. The van der Waals surface area contributed by atoms with Crippen molar-refractivity contribution in [2.24, 2.45) is 0 Å². The first-order valence-corrected chi connectivity index (χ1v) is 8.81. The highest BCUT2D eigenvalue weighted by Crippen LogP contribution is 2.38. The number of hydrogen-bond donors (Lipinski definition) is 0. The molecule has 0 unspecified atom stereocenters. The maximum atomic E-state index is 5.66. The van der Waals surface area contributed by atoms with Gasteiger partial charge in [0.25, 0.3) is 0 Å². The van der Waals surface area contributed by atoms with Crippen molar-refractivity contribution in [3.8, 4) is 22.8 Å². The molecule has 0 bridgehead atoms. The van der Waals surface area contributed by atoms with Crippen LogP contribution in [0.5, 0.6) is 11.5 Å². The van der Waals surface area contributed by atoms with E-state index in [0.717, 1.165) is 39.3 Å². The molecule has 2 aromatic heterocycles. The number of aromatic nitrogens is 2. The second kappa shape index (κ2) is 6.02. The van der Waals surface area contributed by atoms with E-state index in [-0.39, 0.29) is 0 Å². The van der Waals surface area contributed by atoms with E-state index in [4.69, 9.17) is 14.5 Å². The van der Waals surface area contributed by atoms with Crippen LogP contribution in [0.25, 0.3) is 38.6 Å². The molecule has 0 saturated carbocycles. The van der Waals surface area contributed by atoms with E-state index in [0.29, 0.717) is 0 Å². The molecule has 27 heavy (non-hydrogen) atoms. The first-order chi connectivity index (χ1) is 13.3. The zero-order valence-corrected chi connectivity index (χ0v) is 15.1. The molecule has 5 rings (SSSR count). The van der Waals surface area contributed by atoms with Crippen LogP contribution < -0.4 is 9.47 Å². The fraction of sp³-hybridized carbons (Fsp3) is 0.0870. The van der Waals surface area contributed by atoms with Crippen LogP contribution in [0.15, 0.2) is 72.9 Å². The van der Waals surface area contributed by atoms with Crippen LogP contribution in [0, 0.1) is 0 Å². The molecule has 0 spiro atoms. The van der Waals surface area contributed by atoms with Gasteiger partial charge in [0, 0.05) is 28.6 Å². The standard InChI is InChI=1S/C23H18N2O2/c1-26-16-11-12-18(21(13-16)27-2)22-23-17-8-4-3-7-15(17)14-25(23)20-10-6-5-9-19(20)24-22/h3-14H,1-2H3. The summed E-state index contributed by atoms with van der Waals surface area (Å²) < 4.78 is 13.2. The number of nitrogens with zero attached hydrogens (tertiary/aromatic N) is 2. The smallest absolute Gasteiger partial charge is 0.132 e. The van der Waals surface area contributed by atoms with Gasteiger partial charge in [-0.1, -0.05) is 36.4 Å². The predicted octanol–water partition coefficient (Wildman–Crippen LogP) is 5.32. The highest BCUT2D eigenvalue weighted by molar-refractivity contribution is 6.06. The quantitative estimate of drug-likeness (QED) is 0.440. The van der Waals surface area contributed by atoms with Crippen molar-refractivity contribution in [3.05, 3.63) is 72.9 Å². The van der Waals surface area contributed by atoms with Crippen LogP contribution in [0.1, 0.15) is 0 Å². The van der Waals surface area contributed by atoms with Crippen LogP contribution in [-0.2, 0) is 0 Å². The summed E-state index contributed by atoms with van der Waals surface area (Å²) in [6.07, 6.45) is 2.17. The number of benzene rings is 3. The summed E-state index contributed by atoms with van der Waals surface area (Å²) in [7, 11) is 3.33. The van der Waals surface area contributed by atoms with Crippen LogP contribution in [0.3, 0.4) is 0 Å².